The number of aromatic nitrogens is 4. The molecule has 0 aromatic carbocycles. The number of rotatable bonds is 9. The summed E-state index contributed by atoms with van der Waals surface area (Å²) in [7, 11) is 4.09. The van der Waals surface area contributed by atoms with Gasteiger partial charge in [-0.25, -0.2) is 18.3 Å². The standard InChI is InChI=1S/2C8H15N2.C4H7NO4/c2*1-3-4-5-10-7-6-9(2)8-10;5-2(4(8)9)1-3(6)7/h2*6-8H,3-5H2,1-2H3;2H,1,5H2,(H,6,7)(H,8,9)/q2*+1;/t;;2-/m..0/s1. The first-order chi connectivity index (χ1) is 13.7. The van der Waals surface area contributed by atoms with Gasteiger partial charge in [0.2, 0.25) is 12.7 Å². The van der Waals surface area contributed by atoms with E-state index in [0.717, 1.165) is 13.1 Å². The van der Waals surface area contributed by atoms with Gasteiger partial charge in [0.05, 0.1) is 33.6 Å². The second-order valence-corrected chi connectivity index (χ2v) is 6.88. The molecule has 164 valence electrons. The SMILES string of the molecule is CCCCn1cc[n+](C)c1.CCCCn1cc[n+](C)c1.N[C@@H](CC(=O)O)C(=O)O. The molecule has 0 amide bonds. The van der Waals surface area contributed by atoms with Gasteiger partial charge in [-0.2, -0.15) is 0 Å². The summed E-state index contributed by atoms with van der Waals surface area (Å²) in [6.45, 7) is 6.72. The molecule has 0 aliphatic rings. The van der Waals surface area contributed by atoms with Crippen LogP contribution in [0, 0.1) is 0 Å². The van der Waals surface area contributed by atoms with Crippen LogP contribution in [0.5, 0.6) is 0 Å². The number of imidazole rings is 2. The summed E-state index contributed by atoms with van der Waals surface area (Å²) in [6, 6.07) is -1.29. The molecule has 4 N–H and O–H groups in total. The number of unbranched alkanes of at least 4 members (excludes halogenated alkanes) is 2. The largest absolute Gasteiger partial charge is 0.481 e. The Labute approximate surface area is 173 Å². The zero-order valence-electron chi connectivity index (χ0n) is 18.1. The Bertz CT molecular complexity index is 667. The van der Waals surface area contributed by atoms with E-state index in [0.29, 0.717) is 0 Å². The molecule has 2 aromatic heterocycles. The van der Waals surface area contributed by atoms with Gasteiger partial charge >= 0.3 is 11.9 Å². The summed E-state index contributed by atoms with van der Waals surface area (Å²) < 4.78 is 8.55. The van der Waals surface area contributed by atoms with Crippen molar-refractivity contribution in [1.82, 2.24) is 9.13 Å². The quantitative estimate of drug-likeness (QED) is 0.534. The Morgan fingerprint density at radius 1 is 0.931 bits per heavy atom. The van der Waals surface area contributed by atoms with Gasteiger partial charge in [0, 0.05) is 0 Å². The molecule has 0 aliphatic heterocycles. The maximum atomic E-state index is 9.85. The molecule has 0 unspecified atom stereocenters. The second kappa shape index (κ2) is 15.3. The van der Waals surface area contributed by atoms with Crippen molar-refractivity contribution in [3.63, 3.8) is 0 Å². The van der Waals surface area contributed by atoms with Gasteiger partial charge in [-0.3, -0.25) is 9.59 Å². The fraction of sp³-hybridized carbons (Fsp3) is 0.600. The number of nitrogens with two attached hydrogens (primary N) is 1. The third kappa shape index (κ3) is 14.0. The molecule has 2 aromatic rings. The van der Waals surface area contributed by atoms with Crippen molar-refractivity contribution in [3.05, 3.63) is 37.4 Å². The molecule has 0 bridgehead atoms. The lowest BCUT2D eigenvalue weighted by atomic mass is 10.2. The predicted octanol–water partition coefficient (Wildman–Crippen LogP) is 1.10. The fourth-order valence-corrected chi connectivity index (χ4v) is 2.22. The molecule has 9 heteroatoms. The molecule has 1 atom stereocenters. The highest BCUT2D eigenvalue weighted by atomic mass is 16.4. The van der Waals surface area contributed by atoms with Crippen molar-refractivity contribution >= 4 is 11.9 Å². The predicted molar refractivity (Wildman–Crippen MR) is 109 cm³/mol. The van der Waals surface area contributed by atoms with Gasteiger partial charge in [0.1, 0.15) is 30.8 Å². The van der Waals surface area contributed by atoms with Crippen LogP contribution in [-0.2, 0) is 36.8 Å². The zero-order chi connectivity index (χ0) is 22.2. The van der Waals surface area contributed by atoms with E-state index < -0.39 is 24.4 Å². The van der Waals surface area contributed by atoms with E-state index >= 15 is 0 Å². The minimum atomic E-state index is -1.29. The Kier molecular flexibility index (Phi) is 13.9. The van der Waals surface area contributed by atoms with Crippen LogP contribution in [0.3, 0.4) is 0 Å². The Morgan fingerprint density at radius 3 is 1.55 bits per heavy atom. The number of hydrogen-bond donors (Lipinski definition) is 3. The average molecular weight is 412 g/mol. The summed E-state index contributed by atoms with van der Waals surface area (Å²) in [4.78, 5) is 19.6. The molecule has 0 spiro atoms. The number of hydrogen-bond acceptors (Lipinski definition) is 3. The minimum Gasteiger partial charge on any atom is -0.481 e. The number of nitrogens with zero attached hydrogens (tertiary/aromatic N) is 4. The third-order valence-electron chi connectivity index (χ3n) is 3.90. The lowest BCUT2D eigenvalue weighted by Crippen LogP contribution is -2.32. The van der Waals surface area contributed by atoms with Crippen LogP contribution < -0.4 is 14.9 Å². The third-order valence-corrected chi connectivity index (χ3v) is 3.90. The van der Waals surface area contributed by atoms with Crippen molar-refractivity contribution in [2.24, 2.45) is 19.8 Å². The van der Waals surface area contributed by atoms with E-state index in [9.17, 15) is 9.59 Å². The van der Waals surface area contributed by atoms with Crippen LogP contribution in [0.1, 0.15) is 46.0 Å². The molecule has 29 heavy (non-hydrogen) atoms. The monoisotopic (exact) mass is 411 g/mol. The van der Waals surface area contributed by atoms with Crippen molar-refractivity contribution in [1.29, 1.82) is 0 Å². The van der Waals surface area contributed by atoms with Gasteiger partial charge in [0.25, 0.3) is 0 Å². The van der Waals surface area contributed by atoms with Crippen molar-refractivity contribution in [3.8, 4) is 0 Å². The summed E-state index contributed by atoms with van der Waals surface area (Å²) in [5.74, 6) is -2.50. The number of carboxylic acid groups (broad SMARTS) is 2. The van der Waals surface area contributed by atoms with Crippen LogP contribution in [-0.4, -0.2) is 37.3 Å². The lowest BCUT2D eigenvalue weighted by molar-refractivity contribution is -0.671. The maximum Gasteiger partial charge on any atom is 0.321 e. The van der Waals surface area contributed by atoms with Crippen LogP contribution in [0.4, 0.5) is 0 Å². The molecule has 9 nitrogen and oxygen atoms in total. The Hall–Kier alpha value is -2.68. The number of carboxylic acids is 2. The molecule has 2 heterocycles. The highest BCUT2D eigenvalue weighted by molar-refractivity contribution is 5.80. The van der Waals surface area contributed by atoms with Gasteiger partial charge in [-0.15, -0.1) is 0 Å². The fourth-order valence-electron chi connectivity index (χ4n) is 2.22. The molecule has 0 radical (unpaired) electrons. The van der Waals surface area contributed by atoms with Gasteiger partial charge in [-0.05, 0) is 12.8 Å². The summed E-state index contributed by atoms with van der Waals surface area (Å²) in [6.07, 6.45) is 17.1. The average Bonchev–Trinajstić information content (AvgIpc) is 3.26. The molecule has 0 saturated carbocycles. The zero-order valence-corrected chi connectivity index (χ0v) is 18.1. The van der Waals surface area contributed by atoms with E-state index in [1.54, 1.807) is 0 Å². The highest BCUT2D eigenvalue weighted by Crippen LogP contribution is 1.92. The molecule has 0 saturated heterocycles. The summed E-state index contributed by atoms with van der Waals surface area (Å²) in [5.41, 5.74) is 4.84. The molecule has 0 fully saturated rings. The summed E-state index contributed by atoms with van der Waals surface area (Å²) in [5, 5.41) is 16.0. The Balaban J connectivity index is 0.000000407. The van der Waals surface area contributed by atoms with E-state index in [4.69, 9.17) is 15.9 Å². The first-order valence-electron chi connectivity index (χ1n) is 9.91. The van der Waals surface area contributed by atoms with Gasteiger partial charge in [0.15, 0.2) is 0 Å². The molecule has 0 aliphatic carbocycles. The van der Waals surface area contributed by atoms with Crippen LogP contribution in [0.15, 0.2) is 37.4 Å². The first kappa shape index (κ1) is 26.3. The highest BCUT2D eigenvalue weighted by Gasteiger charge is 2.14. The van der Waals surface area contributed by atoms with Crippen LogP contribution in [0.25, 0.3) is 0 Å². The molecular formula is C20H37N5O4+2. The van der Waals surface area contributed by atoms with Gasteiger partial charge < -0.3 is 15.9 Å². The lowest BCUT2D eigenvalue weighted by Gasteiger charge is -1.99. The topological polar surface area (TPSA) is 118 Å². The Morgan fingerprint density at radius 2 is 1.34 bits per heavy atom. The number of aliphatic carboxylic acids is 2. The van der Waals surface area contributed by atoms with Crippen molar-refractivity contribution in [2.45, 2.75) is 65.1 Å². The molecular weight excluding hydrogens is 374 g/mol. The second-order valence-electron chi connectivity index (χ2n) is 6.88. The number of aryl methyl sites for hydroxylation is 4. The van der Waals surface area contributed by atoms with Crippen molar-refractivity contribution in [2.75, 3.05) is 0 Å². The van der Waals surface area contributed by atoms with Crippen LogP contribution >= 0.6 is 0 Å². The van der Waals surface area contributed by atoms with Gasteiger partial charge in [-0.1, -0.05) is 26.7 Å². The van der Waals surface area contributed by atoms with Crippen LogP contribution in [0.2, 0.25) is 0 Å². The number of carbonyl (C=O) groups is 2. The van der Waals surface area contributed by atoms with E-state index in [1.165, 1.54) is 25.7 Å². The first-order valence-corrected chi connectivity index (χ1v) is 9.91. The minimum absolute atomic E-state index is 0.532. The smallest absolute Gasteiger partial charge is 0.321 e. The van der Waals surface area contributed by atoms with E-state index in [-0.39, 0.29) is 0 Å². The summed E-state index contributed by atoms with van der Waals surface area (Å²) >= 11 is 0. The maximum absolute atomic E-state index is 9.85. The van der Waals surface area contributed by atoms with Crippen molar-refractivity contribution < 1.29 is 28.9 Å². The van der Waals surface area contributed by atoms with E-state index in [2.05, 4.69) is 69.6 Å². The van der Waals surface area contributed by atoms with E-state index in [1.807, 2.05) is 14.1 Å². The normalized spacial score (nSPS) is 10.9. The molecule has 2 rings (SSSR count).